The highest BCUT2D eigenvalue weighted by Crippen LogP contribution is 2.37. The van der Waals surface area contributed by atoms with Gasteiger partial charge < -0.3 is 14.7 Å². The molecule has 0 saturated carbocycles. The van der Waals surface area contributed by atoms with Gasteiger partial charge in [-0.2, -0.15) is 0 Å². The fourth-order valence-corrected chi connectivity index (χ4v) is 4.25. The lowest BCUT2D eigenvalue weighted by Gasteiger charge is -2.43. The van der Waals surface area contributed by atoms with Crippen LogP contribution < -0.4 is 0 Å². The van der Waals surface area contributed by atoms with Crippen molar-refractivity contribution in [1.29, 1.82) is 0 Å². The lowest BCUT2D eigenvalue weighted by Crippen LogP contribution is -2.54. The molecule has 3 aliphatic heterocycles. The van der Waals surface area contributed by atoms with Crippen LogP contribution >= 0.6 is 0 Å². The number of hydrogen-bond donors (Lipinski definition) is 0. The summed E-state index contributed by atoms with van der Waals surface area (Å²) in [4.78, 5) is 33.0. The molecule has 0 radical (unpaired) electrons. The van der Waals surface area contributed by atoms with Crippen LogP contribution in [0, 0.1) is 0 Å². The minimum atomic E-state index is 0.0270. The zero-order chi connectivity index (χ0) is 16.4. The minimum absolute atomic E-state index is 0.0270. The summed E-state index contributed by atoms with van der Waals surface area (Å²) in [6, 6.07) is 0. The minimum Gasteiger partial charge on any atom is -0.341 e. The van der Waals surface area contributed by atoms with Crippen molar-refractivity contribution in [1.82, 2.24) is 19.6 Å². The molecule has 0 aliphatic carbocycles. The number of carbonyl (C=O) groups is 2. The highest BCUT2D eigenvalue weighted by Gasteiger charge is 2.45. The van der Waals surface area contributed by atoms with Gasteiger partial charge in [0.2, 0.25) is 11.8 Å². The average Bonchev–Trinajstić information content (AvgIpc) is 2.71. The summed E-state index contributed by atoms with van der Waals surface area (Å²) in [5, 5.41) is 0. The Morgan fingerprint density at radius 3 is 2.39 bits per heavy atom. The molecular weight excluding hydrogens is 292 g/mol. The van der Waals surface area contributed by atoms with E-state index in [2.05, 4.69) is 16.8 Å². The number of likely N-dealkylation sites (tertiary alicyclic amines) is 2. The molecule has 0 aromatic rings. The number of rotatable bonds is 2. The Kier molecular flexibility index (Phi) is 4.92. The van der Waals surface area contributed by atoms with Crippen LogP contribution in [0.4, 0.5) is 0 Å². The molecule has 0 aromatic heterocycles. The SMILES string of the molecule is CN1CCCN(CC(=O)N2CCC3(CCC(=O)N3C)CC2)CC1. The molecule has 0 atom stereocenters. The van der Waals surface area contributed by atoms with Gasteiger partial charge in [0.15, 0.2) is 0 Å². The van der Waals surface area contributed by atoms with Crippen LogP contribution in [0.1, 0.15) is 32.1 Å². The topological polar surface area (TPSA) is 47.1 Å². The quantitative estimate of drug-likeness (QED) is 0.731. The van der Waals surface area contributed by atoms with E-state index in [-0.39, 0.29) is 17.4 Å². The molecule has 0 bridgehead atoms. The Balaban J connectivity index is 1.49. The predicted octanol–water partition coefficient (Wildman–Crippen LogP) is 0.237. The van der Waals surface area contributed by atoms with Crippen LogP contribution in [-0.4, -0.2) is 96.9 Å². The van der Waals surface area contributed by atoms with Crippen molar-refractivity contribution >= 4 is 11.8 Å². The molecule has 0 N–H and O–H groups in total. The summed E-state index contributed by atoms with van der Waals surface area (Å²) in [6.07, 6.45) is 4.64. The molecule has 130 valence electrons. The van der Waals surface area contributed by atoms with Crippen molar-refractivity contribution < 1.29 is 9.59 Å². The van der Waals surface area contributed by atoms with Gasteiger partial charge in [0.25, 0.3) is 0 Å². The highest BCUT2D eigenvalue weighted by atomic mass is 16.2. The number of amides is 2. The molecule has 3 fully saturated rings. The maximum absolute atomic E-state index is 12.6. The summed E-state index contributed by atoms with van der Waals surface area (Å²) >= 11 is 0. The Morgan fingerprint density at radius 1 is 1.00 bits per heavy atom. The number of nitrogens with zero attached hydrogens (tertiary/aromatic N) is 4. The summed E-state index contributed by atoms with van der Waals surface area (Å²) < 4.78 is 0. The fourth-order valence-electron chi connectivity index (χ4n) is 4.25. The van der Waals surface area contributed by atoms with Crippen LogP contribution in [0.3, 0.4) is 0 Å². The molecule has 3 heterocycles. The third-order valence-electron chi connectivity index (χ3n) is 6.11. The Bertz CT molecular complexity index is 460. The van der Waals surface area contributed by atoms with E-state index in [1.54, 1.807) is 0 Å². The molecule has 0 aromatic carbocycles. The first-order valence-electron chi connectivity index (χ1n) is 8.95. The third kappa shape index (κ3) is 3.53. The lowest BCUT2D eigenvalue weighted by atomic mass is 9.85. The van der Waals surface area contributed by atoms with Gasteiger partial charge in [0.1, 0.15) is 0 Å². The van der Waals surface area contributed by atoms with Crippen molar-refractivity contribution in [2.45, 2.75) is 37.6 Å². The van der Waals surface area contributed by atoms with Gasteiger partial charge in [-0.15, -0.1) is 0 Å². The molecule has 6 heteroatoms. The summed E-state index contributed by atoms with van der Waals surface area (Å²) in [6.45, 7) is 6.31. The van der Waals surface area contributed by atoms with Gasteiger partial charge in [0, 0.05) is 45.2 Å². The molecule has 2 amide bonds. The van der Waals surface area contributed by atoms with E-state index in [0.29, 0.717) is 13.0 Å². The summed E-state index contributed by atoms with van der Waals surface area (Å²) in [7, 11) is 4.08. The highest BCUT2D eigenvalue weighted by molar-refractivity contribution is 5.80. The van der Waals surface area contributed by atoms with Gasteiger partial charge >= 0.3 is 0 Å². The average molecular weight is 322 g/mol. The first kappa shape index (κ1) is 16.7. The predicted molar refractivity (Wildman–Crippen MR) is 89.1 cm³/mol. The molecule has 1 spiro atoms. The van der Waals surface area contributed by atoms with E-state index < -0.39 is 0 Å². The van der Waals surface area contributed by atoms with E-state index in [1.807, 2.05) is 16.8 Å². The van der Waals surface area contributed by atoms with E-state index in [9.17, 15) is 9.59 Å². The fraction of sp³-hybridized carbons (Fsp3) is 0.882. The Morgan fingerprint density at radius 2 is 1.74 bits per heavy atom. The maximum atomic E-state index is 12.6. The standard InChI is InChI=1S/C17H30N4O2/c1-18-8-3-9-20(13-12-18)14-16(23)21-10-6-17(7-11-21)5-4-15(22)19(17)2/h3-14H2,1-2H3. The van der Waals surface area contributed by atoms with Crippen LogP contribution in [0.2, 0.25) is 0 Å². The van der Waals surface area contributed by atoms with Crippen LogP contribution in [-0.2, 0) is 9.59 Å². The van der Waals surface area contributed by atoms with Gasteiger partial charge in [-0.3, -0.25) is 14.5 Å². The summed E-state index contributed by atoms with van der Waals surface area (Å²) in [5.74, 6) is 0.523. The van der Waals surface area contributed by atoms with E-state index in [1.165, 1.54) is 0 Å². The maximum Gasteiger partial charge on any atom is 0.236 e. The van der Waals surface area contributed by atoms with Gasteiger partial charge in [-0.1, -0.05) is 0 Å². The van der Waals surface area contributed by atoms with E-state index in [4.69, 9.17) is 0 Å². The van der Waals surface area contributed by atoms with Crippen LogP contribution in [0.5, 0.6) is 0 Å². The van der Waals surface area contributed by atoms with Gasteiger partial charge in [-0.05, 0) is 45.8 Å². The Hall–Kier alpha value is -1.14. The van der Waals surface area contributed by atoms with Crippen molar-refractivity contribution in [3.05, 3.63) is 0 Å². The second kappa shape index (κ2) is 6.77. The van der Waals surface area contributed by atoms with Crippen molar-refractivity contribution in [2.24, 2.45) is 0 Å². The third-order valence-corrected chi connectivity index (χ3v) is 6.11. The van der Waals surface area contributed by atoms with Gasteiger partial charge in [0.05, 0.1) is 6.54 Å². The second-order valence-electron chi connectivity index (χ2n) is 7.49. The number of likely N-dealkylation sites (N-methyl/N-ethyl adjacent to an activating group) is 1. The van der Waals surface area contributed by atoms with Gasteiger partial charge in [-0.25, -0.2) is 0 Å². The first-order valence-corrected chi connectivity index (χ1v) is 8.95. The molecular formula is C17H30N4O2. The lowest BCUT2D eigenvalue weighted by molar-refractivity contribution is -0.136. The normalized spacial score (nSPS) is 26.8. The molecule has 3 rings (SSSR count). The zero-order valence-electron chi connectivity index (χ0n) is 14.6. The number of carbonyl (C=O) groups excluding carboxylic acids is 2. The Labute approximate surface area is 139 Å². The van der Waals surface area contributed by atoms with E-state index in [0.717, 1.165) is 65.0 Å². The summed E-state index contributed by atoms with van der Waals surface area (Å²) in [5.41, 5.74) is 0.0270. The monoisotopic (exact) mass is 322 g/mol. The van der Waals surface area contributed by atoms with Crippen molar-refractivity contribution in [3.8, 4) is 0 Å². The molecule has 6 nitrogen and oxygen atoms in total. The first-order chi connectivity index (χ1) is 11.0. The van der Waals surface area contributed by atoms with E-state index >= 15 is 0 Å². The number of piperidine rings is 1. The van der Waals surface area contributed by atoms with Crippen molar-refractivity contribution in [2.75, 3.05) is 59.9 Å². The molecule has 0 unspecified atom stereocenters. The second-order valence-corrected chi connectivity index (χ2v) is 7.49. The zero-order valence-corrected chi connectivity index (χ0v) is 14.6. The smallest absolute Gasteiger partial charge is 0.236 e. The number of hydrogen-bond acceptors (Lipinski definition) is 4. The van der Waals surface area contributed by atoms with Crippen LogP contribution in [0.25, 0.3) is 0 Å². The molecule has 23 heavy (non-hydrogen) atoms. The van der Waals surface area contributed by atoms with Crippen molar-refractivity contribution in [3.63, 3.8) is 0 Å². The largest absolute Gasteiger partial charge is 0.341 e. The molecule has 3 saturated heterocycles. The van der Waals surface area contributed by atoms with Crippen LogP contribution in [0.15, 0.2) is 0 Å². The molecule has 3 aliphatic rings.